The normalized spacial score (nSPS) is 14.5. The van der Waals surface area contributed by atoms with Crippen LogP contribution < -0.4 is 4.90 Å². The molecule has 0 bridgehead atoms. The second kappa shape index (κ2) is 8.94. The average Bonchev–Trinajstić information content (AvgIpc) is 3.41. The predicted octanol–water partition coefficient (Wildman–Crippen LogP) is 4.48. The predicted molar refractivity (Wildman–Crippen MR) is 140 cm³/mol. The molecular weight excluding hydrogens is 494 g/mol. The van der Waals surface area contributed by atoms with Gasteiger partial charge in [0, 0.05) is 12.1 Å². The van der Waals surface area contributed by atoms with Gasteiger partial charge >= 0.3 is 0 Å². The van der Waals surface area contributed by atoms with Crippen molar-refractivity contribution in [2.24, 2.45) is 0 Å². The molecular formula is C27H20ClN5O2S. The van der Waals surface area contributed by atoms with Gasteiger partial charge in [-0.15, -0.1) is 21.5 Å². The van der Waals surface area contributed by atoms with Crippen LogP contribution in [0.25, 0.3) is 5.00 Å². The Hall–Kier alpha value is -3.93. The molecule has 0 saturated carbocycles. The summed E-state index contributed by atoms with van der Waals surface area (Å²) in [5.74, 6) is 7.72. The maximum atomic E-state index is 13.3. The highest BCUT2D eigenvalue weighted by atomic mass is 35.5. The zero-order valence-corrected chi connectivity index (χ0v) is 20.9. The molecule has 4 heterocycles. The van der Waals surface area contributed by atoms with Crippen LogP contribution in [-0.2, 0) is 17.8 Å². The standard InChI is InChI=1S/C27H20ClN5O2S/c1-17-29-30-24-16-32(35)26(20-9-3-4-10-22(20)28)21-15-19(36-27(21)33(17)24)8-6-14-31-23-11-5-2-7-18(23)12-13-25(31)34/h2-5,7,9-11,15H,12-14,16H2,1H3. The van der Waals surface area contributed by atoms with E-state index in [2.05, 4.69) is 28.1 Å². The number of aryl methyl sites for hydroxylation is 2. The van der Waals surface area contributed by atoms with Crippen molar-refractivity contribution in [1.29, 1.82) is 0 Å². The lowest BCUT2D eigenvalue weighted by atomic mass is 10.0. The summed E-state index contributed by atoms with van der Waals surface area (Å²) in [6, 6.07) is 17.2. The molecule has 9 heteroatoms. The summed E-state index contributed by atoms with van der Waals surface area (Å²) in [4.78, 5) is 15.1. The second-order valence-corrected chi connectivity index (χ2v) is 10.0. The van der Waals surface area contributed by atoms with E-state index in [1.165, 1.54) is 11.3 Å². The Morgan fingerprint density at radius 1 is 1.11 bits per heavy atom. The number of carbonyl (C=O) groups is 1. The van der Waals surface area contributed by atoms with E-state index in [4.69, 9.17) is 11.6 Å². The first-order valence-corrected chi connectivity index (χ1v) is 12.7. The number of anilines is 1. The molecule has 0 fully saturated rings. The van der Waals surface area contributed by atoms with Crippen molar-refractivity contribution >= 4 is 40.2 Å². The van der Waals surface area contributed by atoms with Gasteiger partial charge in [-0.25, -0.2) is 0 Å². The quantitative estimate of drug-likeness (QED) is 0.225. The molecule has 0 radical (unpaired) electrons. The SMILES string of the molecule is Cc1nnc2n1-c1sc(C#CCN3C(=O)CCc4ccccc43)cc1C(c1ccccc1Cl)=[N+]([O-])C2. The van der Waals surface area contributed by atoms with Crippen LogP contribution in [0.4, 0.5) is 5.69 Å². The number of aromatic nitrogens is 3. The van der Waals surface area contributed by atoms with Crippen LogP contribution in [0.15, 0.2) is 54.6 Å². The molecule has 0 atom stereocenters. The number of fused-ring (bicyclic) bond motifs is 4. The Labute approximate surface area is 216 Å². The summed E-state index contributed by atoms with van der Waals surface area (Å²) in [6.45, 7) is 2.21. The Bertz CT molecular complexity index is 1620. The van der Waals surface area contributed by atoms with Crippen molar-refractivity contribution in [2.45, 2.75) is 26.3 Å². The number of thiophene rings is 1. The third-order valence-electron chi connectivity index (χ3n) is 6.37. The van der Waals surface area contributed by atoms with E-state index in [9.17, 15) is 10.0 Å². The molecule has 0 unspecified atom stereocenters. The molecule has 0 saturated heterocycles. The molecule has 0 aliphatic carbocycles. The lowest BCUT2D eigenvalue weighted by Crippen LogP contribution is -2.35. The van der Waals surface area contributed by atoms with Crippen molar-refractivity contribution in [3.63, 3.8) is 0 Å². The third kappa shape index (κ3) is 3.77. The first-order valence-electron chi connectivity index (χ1n) is 11.5. The molecule has 2 aliphatic rings. The number of rotatable bonds is 2. The number of nitrogens with zero attached hydrogens (tertiary/aromatic N) is 5. The Morgan fingerprint density at radius 3 is 2.78 bits per heavy atom. The number of hydrogen-bond acceptors (Lipinski definition) is 5. The number of halogens is 1. The zero-order valence-electron chi connectivity index (χ0n) is 19.4. The summed E-state index contributed by atoms with van der Waals surface area (Å²) >= 11 is 7.97. The molecule has 0 N–H and O–H groups in total. The minimum atomic E-state index is 0.0558. The first-order chi connectivity index (χ1) is 17.5. The number of para-hydroxylation sites is 1. The summed E-state index contributed by atoms with van der Waals surface area (Å²) in [6.07, 6.45) is 1.24. The van der Waals surface area contributed by atoms with Gasteiger partial charge in [-0.05, 0) is 43.2 Å². The minimum Gasteiger partial charge on any atom is -0.623 e. The molecule has 6 rings (SSSR count). The Morgan fingerprint density at radius 2 is 1.92 bits per heavy atom. The van der Waals surface area contributed by atoms with E-state index < -0.39 is 0 Å². The number of hydroxylamine groups is 1. The smallest absolute Gasteiger partial charge is 0.230 e. The van der Waals surface area contributed by atoms with Gasteiger partial charge in [0.1, 0.15) is 10.8 Å². The highest BCUT2D eigenvalue weighted by molar-refractivity contribution is 7.15. The van der Waals surface area contributed by atoms with Crippen LogP contribution in [0, 0.1) is 24.0 Å². The van der Waals surface area contributed by atoms with Gasteiger partial charge in [-0.1, -0.05) is 53.8 Å². The fraction of sp³-hybridized carbons (Fsp3) is 0.185. The van der Waals surface area contributed by atoms with Gasteiger partial charge in [0.25, 0.3) is 0 Å². The van der Waals surface area contributed by atoms with E-state index in [0.29, 0.717) is 40.9 Å². The molecule has 2 aromatic carbocycles. The summed E-state index contributed by atoms with van der Waals surface area (Å²) in [5, 5.41) is 23.1. The molecule has 178 valence electrons. The van der Waals surface area contributed by atoms with E-state index in [1.54, 1.807) is 11.0 Å². The van der Waals surface area contributed by atoms with Gasteiger partial charge in [0.15, 0.2) is 0 Å². The zero-order chi connectivity index (χ0) is 24.8. The average molecular weight is 514 g/mol. The molecule has 0 spiro atoms. The lowest BCUT2D eigenvalue weighted by molar-refractivity contribution is -0.475. The fourth-order valence-corrected chi connectivity index (χ4v) is 6.03. The molecule has 36 heavy (non-hydrogen) atoms. The van der Waals surface area contributed by atoms with Crippen LogP contribution in [0.2, 0.25) is 5.02 Å². The molecule has 2 aliphatic heterocycles. The van der Waals surface area contributed by atoms with Crippen LogP contribution in [-0.4, -0.2) is 37.7 Å². The molecule has 2 aromatic heterocycles. The monoisotopic (exact) mass is 513 g/mol. The van der Waals surface area contributed by atoms with Crippen molar-refractivity contribution in [3.05, 3.63) is 98.0 Å². The van der Waals surface area contributed by atoms with Crippen molar-refractivity contribution in [2.75, 3.05) is 11.4 Å². The number of benzene rings is 2. The summed E-state index contributed by atoms with van der Waals surface area (Å²) < 4.78 is 2.82. The maximum Gasteiger partial charge on any atom is 0.230 e. The van der Waals surface area contributed by atoms with E-state index in [0.717, 1.165) is 37.9 Å². The Balaban J connectivity index is 1.42. The van der Waals surface area contributed by atoms with E-state index in [1.807, 2.05) is 54.0 Å². The van der Waals surface area contributed by atoms with Crippen molar-refractivity contribution in [3.8, 4) is 16.8 Å². The van der Waals surface area contributed by atoms with Crippen LogP contribution in [0.5, 0.6) is 0 Å². The van der Waals surface area contributed by atoms with Gasteiger partial charge < -0.3 is 10.1 Å². The topological polar surface area (TPSA) is 77.1 Å². The van der Waals surface area contributed by atoms with Crippen molar-refractivity contribution in [1.82, 2.24) is 14.8 Å². The van der Waals surface area contributed by atoms with Gasteiger partial charge in [-0.2, -0.15) is 4.74 Å². The molecule has 7 nitrogen and oxygen atoms in total. The van der Waals surface area contributed by atoms with E-state index in [-0.39, 0.29) is 12.5 Å². The third-order valence-corrected chi connectivity index (χ3v) is 7.73. The first kappa shape index (κ1) is 22.5. The van der Waals surface area contributed by atoms with Crippen molar-refractivity contribution < 1.29 is 9.53 Å². The molecule has 1 amide bonds. The summed E-state index contributed by atoms with van der Waals surface area (Å²) in [5.41, 5.74) is 3.94. The number of hydrogen-bond donors (Lipinski definition) is 0. The lowest BCUT2D eigenvalue weighted by Gasteiger charge is -2.27. The van der Waals surface area contributed by atoms with Gasteiger partial charge in [0.05, 0.1) is 27.6 Å². The fourth-order valence-electron chi connectivity index (χ4n) is 4.70. The highest BCUT2D eigenvalue weighted by Crippen LogP contribution is 2.34. The summed E-state index contributed by atoms with van der Waals surface area (Å²) in [7, 11) is 0. The Kier molecular flexibility index (Phi) is 5.59. The van der Waals surface area contributed by atoms with Crippen LogP contribution >= 0.6 is 22.9 Å². The number of carbonyl (C=O) groups excluding carboxylic acids is 1. The minimum absolute atomic E-state index is 0.0558. The van der Waals surface area contributed by atoms with Crippen LogP contribution in [0.3, 0.4) is 0 Å². The molecule has 4 aromatic rings. The van der Waals surface area contributed by atoms with E-state index >= 15 is 0 Å². The highest BCUT2D eigenvalue weighted by Gasteiger charge is 2.31. The maximum absolute atomic E-state index is 13.3. The van der Waals surface area contributed by atoms with Gasteiger partial charge in [-0.3, -0.25) is 9.36 Å². The largest absolute Gasteiger partial charge is 0.623 e. The van der Waals surface area contributed by atoms with Crippen LogP contribution in [0.1, 0.15) is 39.6 Å². The second-order valence-electron chi connectivity index (χ2n) is 8.60. The van der Waals surface area contributed by atoms with Gasteiger partial charge in [0.2, 0.25) is 24.0 Å². The number of amides is 1.